The number of carboxylic acid groups (broad SMARTS) is 1. The molecule has 3 nitrogen and oxygen atoms in total. The highest BCUT2D eigenvalue weighted by Gasteiger charge is 2.12. The van der Waals surface area contributed by atoms with E-state index in [0.717, 1.165) is 18.5 Å². The molecule has 0 aromatic carbocycles. The van der Waals surface area contributed by atoms with Crippen molar-refractivity contribution >= 4 is 18.6 Å². The van der Waals surface area contributed by atoms with Crippen LogP contribution >= 0.6 is 12.6 Å². The summed E-state index contributed by atoms with van der Waals surface area (Å²) >= 11 is 4.25. The van der Waals surface area contributed by atoms with E-state index in [1.54, 1.807) is 0 Å². The van der Waals surface area contributed by atoms with Crippen LogP contribution in [0.15, 0.2) is 11.6 Å². The second-order valence-electron chi connectivity index (χ2n) is 2.63. The molecule has 0 spiro atoms. The van der Waals surface area contributed by atoms with Gasteiger partial charge in [0.15, 0.2) is 0 Å². The molecule has 0 aromatic rings. The van der Waals surface area contributed by atoms with Crippen LogP contribution in [0.5, 0.6) is 0 Å². The lowest BCUT2D eigenvalue weighted by Crippen LogP contribution is -2.32. The Bertz CT molecular complexity index is 191. The summed E-state index contributed by atoms with van der Waals surface area (Å²) in [5, 5.41) is 11.8. The molecule has 0 bridgehead atoms. The minimum atomic E-state index is -0.871. The van der Waals surface area contributed by atoms with Crippen LogP contribution in [-0.4, -0.2) is 29.4 Å². The van der Waals surface area contributed by atoms with Crippen LogP contribution in [0.2, 0.25) is 0 Å². The van der Waals surface area contributed by atoms with E-state index in [2.05, 4.69) is 17.9 Å². The van der Waals surface area contributed by atoms with E-state index in [0.29, 0.717) is 6.54 Å². The fourth-order valence-corrected chi connectivity index (χ4v) is 1.49. The van der Waals surface area contributed by atoms with Gasteiger partial charge in [0.25, 0.3) is 0 Å². The van der Waals surface area contributed by atoms with Crippen molar-refractivity contribution in [3.05, 3.63) is 11.6 Å². The van der Waals surface area contributed by atoms with Crippen LogP contribution in [0.1, 0.15) is 6.42 Å². The van der Waals surface area contributed by atoms with Crippen molar-refractivity contribution in [2.45, 2.75) is 11.7 Å². The van der Waals surface area contributed by atoms with Crippen LogP contribution < -0.4 is 5.32 Å². The fourth-order valence-electron chi connectivity index (χ4n) is 1.13. The van der Waals surface area contributed by atoms with Crippen molar-refractivity contribution in [1.29, 1.82) is 0 Å². The SMILES string of the molecule is O=C(O)C=C1CNCC(S)C1. The standard InChI is InChI=1S/C7H11NO2S/c9-7(10)2-5-1-6(11)4-8-3-5/h2,6,8,11H,1,3-4H2,(H,9,10). The Kier molecular flexibility index (Phi) is 2.96. The summed E-state index contributed by atoms with van der Waals surface area (Å²) in [4.78, 5) is 10.2. The van der Waals surface area contributed by atoms with E-state index in [4.69, 9.17) is 5.11 Å². The highest BCUT2D eigenvalue weighted by Crippen LogP contribution is 2.13. The van der Waals surface area contributed by atoms with Gasteiger partial charge in [-0.3, -0.25) is 0 Å². The number of carboxylic acids is 1. The number of rotatable bonds is 1. The Morgan fingerprint density at radius 1 is 1.82 bits per heavy atom. The van der Waals surface area contributed by atoms with Gasteiger partial charge in [0, 0.05) is 24.4 Å². The number of hydrogen-bond acceptors (Lipinski definition) is 3. The first-order valence-electron chi connectivity index (χ1n) is 3.49. The van der Waals surface area contributed by atoms with E-state index in [1.165, 1.54) is 6.08 Å². The maximum absolute atomic E-state index is 10.2. The summed E-state index contributed by atoms with van der Waals surface area (Å²) < 4.78 is 0. The summed E-state index contributed by atoms with van der Waals surface area (Å²) in [6, 6.07) is 0. The molecule has 1 unspecified atom stereocenters. The molecule has 1 rings (SSSR count). The van der Waals surface area contributed by atoms with Crippen LogP contribution in [0.25, 0.3) is 0 Å². The first-order chi connectivity index (χ1) is 5.18. The zero-order chi connectivity index (χ0) is 8.27. The fraction of sp³-hybridized carbons (Fsp3) is 0.571. The second-order valence-corrected chi connectivity index (χ2v) is 3.36. The summed E-state index contributed by atoms with van der Waals surface area (Å²) in [6.45, 7) is 1.55. The number of aliphatic carboxylic acids is 1. The molecule has 0 saturated carbocycles. The third-order valence-electron chi connectivity index (χ3n) is 1.56. The third kappa shape index (κ3) is 2.95. The first kappa shape index (κ1) is 8.62. The van der Waals surface area contributed by atoms with Crippen molar-refractivity contribution in [3.63, 3.8) is 0 Å². The van der Waals surface area contributed by atoms with Crippen molar-refractivity contribution < 1.29 is 9.90 Å². The Morgan fingerprint density at radius 2 is 2.55 bits per heavy atom. The minimum absolute atomic E-state index is 0.259. The molecular formula is C7H11NO2S. The first-order valence-corrected chi connectivity index (χ1v) is 4.01. The maximum atomic E-state index is 10.2. The van der Waals surface area contributed by atoms with Crippen LogP contribution in [-0.2, 0) is 4.79 Å². The minimum Gasteiger partial charge on any atom is -0.478 e. The quantitative estimate of drug-likeness (QED) is 0.394. The number of thiol groups is 1. The molecule has 1 aliphatic rings. The van der Waals surface area contributed by atoms with Crippen molar-refractivity contribution in [3.8, 4) is 0 Å². The highest BCUT2D eigenvalue weighted by molar-refractivity contribution is 7.81. The largest absolute Gasteiger partial charge is 0.478 e. The van der Waals surface area contributed by atoms with Gasteiger partial charge in [0.05, 0.1) is 0 Å². The molecule has 1 atom stereocenters. The lowest BCUT2D eigenvalue weighted by Gasteiger charge is -2.20. The molecule has 2 N–H and O–H groups in total. The van der Waals surface area contributed by atoms with Crippen molar-refractivity contribution in [2.75, 3.05) is 13.1 Å². The number of piperidine rings is 1. The van der Waals surface area contributed by atoms with Crippen LogP contribution in [0.3, 0.4) is 0 Å². The van der Waals surface area contributed by atoms with Gasteiger partial charge >= 0.3 is 5.97 Å². The van der Waals surface area contributed by atoms with Gasteiger partial charge < -0.3 is 10.4 Å². The van der Waals surface area contributed by atoms with Crippen molar-refractivity contribution in [1.82, 2.24) is 5.32 Å². The second kappa shape index (κ2) is 3.78. The molecule has 1 fully saturated rings. The zero-order valence-corrected chi connectivity index (χ0v) is 6.97. The van der Waals surface area contributed by atoms with Gasteiger partial charge in [-0.2, -0.15) is 12.6 Å². The molecule has 1 heterocycles. The number of carbonyl (C=O) groups is 1. The van der Waals surface area contributed by atoms with Gasteiger partial charge in [-0.1, -0.05) is 0 Å². The van der Waals surface area contributed by atoms with E-state index in [-0.39, 0.29) is 5.25 Å². The van der Waals surface area contributed by atoms with Crippen LogP contribution in [0, 0.1) is 0 Å². The monoisotopic (exact) mass is 173 g/mol. The topological polar surface area (TPSA) is 49.3 Å². The van der Waals surface area contributed by atoms with Crippen LogP contribution in [0.4, 0.5) is 0 Å². The predicted molar refractivity (Wildman–Crippen MR) is 46.0 cm³/mol. The molecule has 62 valence electrons. The molecule has 0 aromatic heterocycles. The molecule has 1 saturated heterocycles. The Balaban J connectivity index is 2.52. The van der Waals surface area contributed by atoms with E-state index in [1.807, 2.05) is 0 Å². The zero-order valence-electron chi connectivity index (χ0n) is 6.08. The van der Waals surface area contributed by atoms with Gasteiger partial charge in [0.1, 0.15) is 0 Å². The maximum Gasteiger partial charge on any atom is 0.328 e. The lowest BCUT2D eigenvalue weighted by atomic mass is 10.1. The summed E-state index contributed by atoms with van der Waals surface area (Å²) in [5.74, 6) is -0.871. The van der Waals surface area contributed by atoms with E-state index < -0.39 is 5.97 Å². The normalized spacial score (nSPS) is 28.8. The van der Waals surface area contributed by atoms with E-state index in [9.17, 15) is 4.79 Å². The summed E-state index contributed by atoms with van der Waals surface area (Å²) in [7, 11) is 0. The highest BCUT2D eigenvalue weighted by atomic mass is 32.1. The smallest absolute Gasteiger partial charge is 0.328 e. The molecule has 0 aliphatic carbocycles. The number of hydrogen-bond donors (Lipinski definition) is 3. The van der Waals surface area contributed by atoms with E-state index >= 15 is 0 Å². The van der Waals surface area contributed by atoms with Gasteiger partial charge in [-0.15, -0.1) is 0 Å². The molecule has 4 heteroatoms. The average Bonchev–Trinajstić information content (AvgIpc) is 1.85. The molecular weight excluding hydrogens is 162 g/mol. The molecule has 11 heavy (non-hydrogen) atoms. The predicted octanol–water partition coefficient (Wildman–Crippen LogP) is 0.289. The summed E-state index contributed by atoms with van der Waals surface area (Å²) in [5.41, 5.74) is 0.920. The number of nitrogens with one attached hydrogen (secondary N) is 1. The molecule has 0 amide bonds. The molecule has 0 radical (unpaired) electrons. The lowest BCUT2D eigenvalue weighted by molar-refractivity contribution is -0.131. The van der Waals surface area contributed by atoms with Gasteiger partial charge in [-0.25, -0.2) is 4.79 Å². The van der Waals surface area contributed by atoms with Gasteiger partial charge in [0.2, 0.25) is 0 Å². The average molecular weight is 173 g/mol. The molecule has 1 aliphatic heterocycles. The Hall–Kier alpha value is -0.480. The van der Waals surface area contributed by atoms with Gasteiger partial charge in [-0.05, 0) is 12.0 Å². The summed E-state index contributed by atoms with van der Waals surface area (Å²) in [6.07, 6.45) is 2.04. The van der Waals surface area contributed by atoms with Crippen molar-refractivity contribution in [2.24, 2.45) is 0 Å². The third-order valence-corrected chi connectivity index (χ3v) is 1.92. The Morgan fingerprint density at radius 3 is 3.09 bits per heavy atom. The Labute approximate surface area is 70.9 Å².